The summed E-state index contributed by atoms with van der Waals surface area (Å²) in [5.41, 5.74) is 0. The zero-order valence-electron chi connectivity index (χ0n) is 9.22. The minimum absolute atomic E-state index is 0.372. The van der Waals surface area contributed by atoms with Crippen LogP contribution < -0.4 is 10.6 Å². The molecule has 17 heavy (non-hydrogen) atoms. The molecule has 1 heterocycles. The summed E-state index contributed by atoms with van der Waals surface area (Å²) < 4.78 is 0. The molecule has 0 aromatic rings. The maximum Gasteiger partial charge on any atom is 0.328 e. The van der Waals surface area contributed by atoms with Crippen LogP contribution in [-0.4, -0.2) is 63.9 Å². The molecule has 0 radical (unpaired) electrons. The second kappa shape index (κ2) is 7.67. The molecule has 0 aliphatic carbocycles. The maximum absolute atomic E-state index is 11.3. The molecule has 0 saturated carbocycles. The molecule has 0 bridgehead atoms. The lowest BCUT2D eigenvalue weighted by Crippen LogP contribution is -2.49. The lowest BCUT2D eigenvalue weighted by Gasteiger charge is -2.21. The minimum Gasteiger partial charge on any atom is -0.480 e. The highest BCUT2D eigenvalue weighted by Gasteiger charge is 2.20. The minimum atomic E-state index is -1.25. The molecule has 1 fully saturated rings. The average Bonchev–Trinajstić information content (AvgIpc) is 2.34. The van der Waals surface area contributed by atoms with Crippen molar-refractivity contribution in [1.29, 1.82) is 0 Å². The number of carbonyl (C=O) groups excluding carboxylic acids is 1. The van der Waals surface area contributed by atoms with E-state index in [-0.39, 0.29) is 0 Å². The summed E-state index contributed by atoms with van der Waals surface area (Å²) in [4.78, 5) is 21.9. The van der Waals surface area contributed by atoms with Gasteiger partial charge in [0, 0.05) is 29.1 Å². The van der Waals surface area contributed by atoms with Crippen LogP contribution in [0.4, 0.5) is 4.79 Å². The SMILES string of the molecule is O=C(NCC1CSCCS1)N[C@H](CO)C(=O)O. The predicted molar refractivity (Wildman–Crippen MR) is 68.6 cm³/mol. The summed E-state index contributed by atoms with van der Waals surface area (Å²) in [6.07, 6.45) is 0. The number of carboxylic acids is 1. The van der Waals surface area contributed by atoms with Gasteiger partial charge in [-0.05, 0) is 0 Å². The Morgan fingerprint density at radius 1 is 1.41 bits per heavy atom. The first-order chi connectivity index (χ1) is 8.13. The van der Waals surface area contributed by atoms with Gasteiger partial charge in [-0.1, -0.05) is 0 Å². The second-order valence-corrected chi connectivity index (χ2v) is 6.05. The van der Waals surface area contributed by atoms with Gasteiger partial charge in [-0.25, -0.2) is 9.59 Å². The molecule has 2 amide bonds. The number of aliphatic hydroxyl groups excluding tert-OH is 1. The van der Waals surface area contributed by atoms with Crippen LogP contribution in [0.3, 0.4) is 0 Å². The van der Waals surface area contributed by atoms with E-state index >= 15 is 0 Å². The summed E-state index contributed by atoms with van der Waals surface area (Å²) >= 11 is 3.66. The highest BCUT2D eigenvalue weighted by Crippen LogP contribution is 2.23. The topological polar surface area (TPSA) is 98.7 Å². The number of rotatable bonds is 5. The van der Waals surface area contributed by atoms with Crippen molar-refractivity contribution in [3.63, 3.8) is 0 Å². The number of aliphatic carboxylic acids is 1. The zero-order valence-corrected chi connectivity index (χ0v) is 10.9. The van der Waals surface area contributed by atoms with Crippen LogP contribution in [-0.2, 0) is 4.79 Å². The van der Waals surface area contributed by atoms with E-state index in [0.717, 1.165) is 17.3 Å². The number of hydrogen-bond acceptors (Lipinski definition) is 5. The van der Waals surface area contributed by atoms with E-state index < -0.39 is 24.6 Å². The van der Waals surface area contributed by atoms with E-state index in [1.807, 2.05) is 23.5 Å². The molecule has 0 aromatic heterocycles. The van der Waals surface area contributed by atoms with Crippen molar-refractivity contribution in [3.8, 4) is 0 Å². The van der Waals surface area contributed by atoms with Gasteiger partial charge in [0.1, 0.15) is 0 Å². The standard InChI is InChI=1S/C9H16N2O4S2/c12-4-7(8(13)14)11-9(15)10-3-6-5-16-1-2-17-6/h6-7,12H,1-5H2,(H,13,14)(H2,10,11,15)/t6?,7-/m1/s1. The molecule has 2 atom stereocenters. The molecule has 1 saturated heterocycles. The fourth-order valence-corrected chi connectivity index (χ4v) is 3.87. The molecule has 8 heteroatoms. The van der Waals surface area contributed by atoms with Crippen molar-refractivity contribution in [2.45, 2.75) is 11.3 Å². The first kappa shape index (κ1) is 14.5. The average molecular weight is 280 g/mol. The van der Waals surface area contributed by atoms with Gasteiger partial charge in [-0.2, -0.15) is 23.5 Å². The van der Waals surface area contributed by atoms with Crippen LogP contribution >= 0.6 is 23.5 Å². The third-order valence-electron chi connectivity index (χ3n) is 2.16. The fourth-order valence-electron chi connectivity index (χ4n) is 1.26. The number of nitrogens with one attached hydrogen (secondary N) is 2. The van der Waals surface area contributed by atoms with Gasteiger partial charge < -0.3 is 20.8 Å². The lowest BCUT2D eigenvalue weighted by atomic mass is 10.3. The third-order valence-corrected chi connectivity index (χ3v) is 5.01. The number of hydrogen-bond donors (Lipinski definition) is 4. The van der Waals surface area contributed by atoms with Crippen molar-refractivity contribution in [2.24, 2.45) is 0 Å². The Morgan fingerprint density at radius 2 is 2.18 bits per heavy atom. The van der Waals surface area contributed by atoms with E-state index in [1.165, 1.54) is 0 Å². The Bertz CT molecular complexity index is 272. The predicted octanol–water partition coefficient (Wildman–Crippen LogP) is -0.420. The number of urea groups is 1. The molecule has 1 aliphatic heterocycles. The molecular formula is C9H16N2O4S2. The molecular weight excluding hydrogens is 264 g/mol. The first-order valence-corrected chi connectivity index (χ1v) is 7.41. The molecule has 1 aliphatic rings. The van der Waals surface area contributed by atoms with E-state index in [4.69, 9.17) is 10.2 Å². The van der Waals surface area contributed by atoms with Crippen molar-refractivity contribution < 1.29 is 19.8 Å². The molecule has 6 nitrogen and oxygen atoms in total. The Labute approximate surface area is 108 Å². The van der Waals surface area contributed by atoms with Gasteiger partial charge in [0.2, 0.25) is 0 Å². The van der Waals surface area contributed by atoms with Gasteiger partial charge in [0.15, 0.2) is 6.04 Å². The highest BCUT2D eigenvalue weighted by molar-refractivity contribution is 8.06. The Balaban J connectivity index is 2.21. The number of aliphatic hydroxyl groups is 1. The van der Waals surface area contributed by atoms with Crippen molar-refractivity contribution >= 4 is 35.5 Å². The van der Waals surface area contributed by atoms with Crippen LogP contribution in [0.25, 0.3) is 0 Å². The third kappa shape index (κ3) is 5.51. The van der Waals surface area contributed by atoms with Crippen LogP contribution in [0.15, 0.2) is 0 Å². The smallest absolute Gasteiger partial charge is 0.328 e. The number of amides is 2. The largest absolute Gasteiger partial charge is 0.480 e. The van der Waals surface area contributed by atoms with Gasteiger partial charge in [-0.3, -0.25) is 0 Å². The normalized spacial score (nSPS) is 21.6. The molecule has 0 aromatic carbocycles. The number of thioether (sulfide) groups is 2. The van der Waals surface area contributed by atoms with Crippen molar-refractivity contribution in [1.82, 2.24) is 10.6 Å². The zero-order chi connectivity index (χ0) is 12.7. The fraction of sp³-hybridized carbons (Fsp3) is 0.778. The summed E-state index contributed by atoms with van der Waals surface area (Å²) in [5.74, 6) is 1.96. The Kier molecular flexibility index (Phi) is 6.53. The van der Waals surface area contributed by atoms with Crippen LogP contribution in [0.2, 0.25) is 0 Å². The molecule has 4 N–H and O–H groups in total. The van der Waals surface area contributed by atoms with Gasteiger partial charge in [0.05, 0.1) is 6.61 Å². The summed E-state index contributed by atoms with van der Waals surface area (Å²) in [7, 11) is 0. The maximum atomic E-state index is 11.3. The van der Waals surface area contributed by atoms with Crippen molar-refractivity contribution in [2.75, 3.05) is 30.4 Å². The first-order valence-electron chi connectivity index (χ1n) is 5.21. The van der Waals surface area contributed by atoms with E-state index in [1.54, 1.807) is 0 Å². The summed E-state index contributed by atoms with van der Waals surface area (Å²) in [6.45, 7) is -0.0992. The number of carbonyl (C=O) groups is 2. The second-order valence-electron chi connectivity index (χ2n) is 3.50. The molecule has 1 unspecified atom stereocenters. The molecule has 1 rings (SSSR count). The van der Waals surface area contributed by atoms with Gasteiger partial charge in [-0.15, -0.1) is 0 Å². The highest BCUT2D eigenvalue weighted by atomic mass is 32.2. The van der Waals surface area contributed by atoms with E-state index in [0.29, 0.717) is 11.8 Å². The van der Waals surface area contributed by atoms with Crippen LogP contribution in [0.5, 0.6) is 0 Å². The van der Waals surface area contributed by atoms with E-state index in [9.17, 15) is 9.59 Å². The summed E-state index contributed by atoms with van der Waals surface area (Å²) in [6, 6.07) is -1.80. The lowest BCUT2D eigenvalue weighted by molar-refractivity contribution is -0.140. The van der Waals surface area contributed by atoms with Crippen LogP contribution in [0, 0.1) is 0 Å². The van der Waals surface area contributed by atoms with Crippen molar-refractivity contribution in [3.05, 3.63) is 0 Å². The summed E-state index contributed by atoms with van der Waals surface area (Å²) in [5, 5.41) is 22.5. The Morgan fingerprint density at radius 3 is 2.71 bits per heavy atom. The Hall–Kier alpha value is -0.600. The van der Waals surface area contributed by atoms with Gasteiger partial charge in [0.25, 0.3) is 0 Å². The van der Waals surface area contributed by atoms with Crippen LogP contribution in [0.1, 0.15) is 0 Å². The van der Waals surface area contributed by atoms with E-state index in [2.05, 4.69) is 10.6 Å². The quantitative estimate of drug-likeness (QED) is 0.546. The molecule has 0 spiro atoms. The monoisotopic (exact) mass is 280 g/mol. The van der Waals surface area contributed by atoms with Gasteiger partial charge >= 0.3 is 12.0 Å². The number of carboxylic acid groups (broad SMARTS) is 1. The molecule has 98 valence electrons.